The number of Topliss-reactive ketones (excluding diaryl/α,β-unsaturated/α-hetero) is 1. The fourth-order valence-corrected chi connectivity index (χ4v) is 3.69. The third-order valence-electron chi connectivity index (χ3n) is 5.14. The van der Waals surface area contributed by atoms with Crippen LogP contribution in [0.15, 0.2) is 29.4 Å². The van der Waals surface area contributed by atoms with Gasteiger partial charge in [-0.15, -0.1) is 0 Å². The zero-order valence-electron chi connectivity index (χ0n) is 15.3. The van der Waals surface area contributed by atoms with Crippen LogP contribution in [0, 0.1) is 11.8 Å². The SMILES string of the molecule is CC1=NN(c2ccc(OC(F)F)cc2)C(=O)C1C(=O)CC1CC[C@@H](O)[C@@H](O)C1. The van der Waals surface area contributed by atoms with E-state index in [0.29, 0.717) is 30.7 Å². The van der Waals surface area contributed by atoms with Crippen LogP contribution in [0.2, 0.25) is 0 Å². The molecular weight excluding hydrogens is 374 g/mol. The molecule has 0 radical (unpaired) electrons. The molecule has 28 heavy (non-hydrogen) atoms. The maximum absolute atomic E-state index is 12.7. The number of alkyl halides is 2. The lowest BCUT2D eigenvalue weighted by Crippen LogP contribution is -2.37. The van der Waals surface area contributed by atoms with Crippen molar-refractivity contribution < 1.29 is 33.3 Å². The zero-order valence-corrected chi connectivity index (χ0v) is 15.3. The Morgan fingerprint density at radius 3 is 2.54 bits per heavy atom. The minimum absolute atomic E-state index is 0.0447. The number of ketones is 1. The van der Waals surface area contributed by atoms with Crippen LogP contribution in [0.1, 0.15) is 32.6 Å². The van der Waals surface area contributed by atoms with Crippen molar-refractivity contribution in [2.45, 2.75) is 51.4 Å². The summed E-state index contributed by atoms with van der Waals surface area (Å²) < 4.78 is 28.8. The molecule has 1 aliphatic heterocycles. The first-order chi connectivity index (χ1) is 13.3. The highest BCUT2D eigenvalue weighted by Gasteiger charge is 2.40. The molecule has 1 heterocycles. The highest BCUT2D eigenvalue weighted by atomic mass is 19.3. The van der Waals surface area contributed by atoms with E-state index in [2.05, 4.69) is 9.84 Å². The number of carbonyl (C=O) groups is 2. The van der Waals surface area contributed by atoms with Gasteiger partial charge < -0.3 is 14.9 Å². The lowest BCUT2D eigenvalue weighted by Gasteiger charge is -2.30. The summed E-state index contributed by atoms with van der Waals surface area (Å²) >= 11 is 0. The zero-order chi connectivity index (χ0) is 20.4. The quantitative estimate of drug-likeness (QED) is 0.718. The molecule has 1 saturated carbocycles. The van der Waals surface area contributed by atoms with Crippen molar-refractivity contribution in [1.29, 1.82) is 0 Å². The van der Waals surface area contributed by atoms with E-state index in [1.807, 2.05) is 0 Å². The van der Waals surface area contributed by atoms with E-state index < -0.39 is 30.6 Å². The minimum Gasteiger partial charge on any atom is -0.435 e. The van der Waals surface area contributed by atoms with Gasteiger partial charge in [-0.05, 0) is 56.4 Å². The second-order valence-electron chi connectivity index (χ2n) is 7.18. The van der Waals surface area contributed by atoms with Crippen LogP contribution in [0.3, 0.4) is 0 Å². The Balaban J connectivity index is 1.66. The van der Waals surface area contributed by atoms with Crippen LogP contribution >= 0.6 is 0 Å². The van der Waals surface area contributed by atoms with E-state index in [1.165, 1.54) is 24.3 Å². The molecule has 152 valence electrons. The highest BCUT2D eigenvalue weighted by Crippen LogP contribution is 2.31. The summed E-state index contributed by atoms with van der Waals surface area (Å²) in [6, 6.07) is 5.42. The molecule has 0 aromatic heterocycles. The molecule has 0 bridgehead atoms. The summed E-state index contributed by atoms with van der Waals surface area (Å²) in [4.78, 5) is 25.4. The van der Waals surface area contributed by atoms with Gasteiger partial charge in [-0.2, -0.15) is 18.9 Å². The number of halogens is 2. The van der Waals surface area contributed by atoms with Crippen LogP contribution in [0.5, 0.6) is 5.75 Å². The second-order valence-corrected chi connectivity index (χ2v) is 7.18. The van der Waals surface area contributed by atoms with E-state index in [-0.39, 0.29) is 23.9 Å². The van der Waals surface area contributed by atoms with Crippen LogP contribution in [-0.2, 0) is 9.59 Å². The number of nitrogens with zero attached hydrogens (tertiary/aromatic N) is 2. The molecule has 0 saturated heterocycles. The van der Waals surface area contributed by atoms with Crippen molar-refractivity contribution in [1.82, 2.24) is 0 Å². The Kier molecular flexibility index (Phi) is 6.04. The predicted molar refractivity (Wildman–Crippen MR) is 96.1 cm³/mol. The number of carbonyl (C=O) groups excluding carboxylic acids is 2. The van der Waals surface area contributed by atoms with Gasteiger partial charge in [0.25, 0.3) is 5.91 Å². The molecule has 0 spiro atoms. The summed E-state index contributed by atoms with van der Waals surface area (Å²) in [7, 11) is 0. The van der Waals surface area contributed by atoms with Crippen molar-refractivity contribution in [2.24, 2.45) is 16.9 Å². The number of amides is 1. The standard InChI is InChI=1S/C19H22F2N2O5/c1-10-17(16(26)9-11-2-7-14(24)15(25)8-11)18(27)23(22-10)12-3-5-13(6-4-12)28-19(20)21/h3-6,11,14-15,17,19,24-25H,2,7-9H2,1H3/t11?,14-,15+,17?/m1/s1. The molecule has 2 unspecified atom stereocenters. The van der Waals surface area contributed by atoms with Gasteiger partial charge in [0.2, 0.25) is 0 Å². The molecule has 7 nitrogen and oxygen atoms in total. The number of rotatable bonds is 6. The Labute approximate surface area is 160 Å². The molecule has 4 atom stereocenters. The highest BCUT2D eigenvalue weighted by molar-refractivity contribution is 6.27. The summed E-state index contributed by atoms with van der Waals surface area (Å²) in [5.41, 5.74) is 0.705. The molecule has 1 aliphatic carbocycles. The number of aliphatic hydroxyl groups excluding tert-OH is 2. The number of ether oxygens (including phenoxy) is 1. The van der Waals surface area contributed by atoms with Gasteiger partial charge in [-0.1, -0.05) is 0 Å². The maximum atomic E-state index is 12.7. The van der Waals surface area contributed by atoms with Gasteiger partial charge in [0, 0.05) is 6.42 Å². The van der Waals surface area contributed by atoms with E-state index in [9.17, 15) is 28.6 Å². The van der Waals surface area contributed by atoms with Crippen molar-refractivity contribution in [3.05, 3.63) is 24.3 Å². The normalized spacial score (nSPS) is 27.9. The van der Waals surface area contributed by atoms with E-state index in [1.54, 1.807) is 6.92 Å². The Morgan fingerprint density at radius 2 is 1.93 bits per heavy atom. The van der Waals surface area contributed by atoms with Crippen molar-refractivity contribution in [3.8, 4) is 5.75 Å². The fraction of sp³-hybridized carbons (Fsp3) is 0.526. The van der Waals surface area contributed by atoms with Crippen LogP contribution in [0.25, 0.3) is 0 Å². The molecule has 1 amide bonds. The average molecular weight is 396 g/mol. The second kappa shape index (κ2) is 8.32. The van der Waals surface area contributed by atoms with E-state index in [4.69, 9.17) is 0 Å². The Morgan fingerprint density at radius 1 is 1.25 bits per heavy atom. The van der Waals surface area contributed by atoms with Crippen molar-refractivity contribution in [3.63, 3.8) is 0 Å². The number of hydrazone groups is 1. The Hall–Kier alpha value is -2.39. The fourth-order valence-electron chi connectivity index (χ4n) is 3.69. The number of hydrogen-bond acceptors (Lipinski definition) is 6. The maximum Gasteiger partial charge on any atom is 0.387 e. The van der Waals surface area contributed by atoms with Gasteiger partial charge in [-0.25, -0.2) is 0 Å². The lowest BCUT2D eigenvalue weighted by atomic mass is 9.80. The van der Waals surface area contributed by atoms with E-state index >= 15 is 0 Å². The van der Waals surface area contributed by atoms with Crippen molar-refractivity contribution >= 4 is 23.1 Å². The van der Waals surface area contributed by atoms with Crippen molar-refractivity contribution in [2.75, 3.05) is 5.01 Å². The number of anilines is 1. The third kappa shape index (κ3) is 4.36. The van der Waals surface area contributed by atoms with Crippen LogP contribution in [-0.4, -0.2) is 46.4 Å². The van der Waals surface area contributed by atoms with E-state index in [0.717, 1.165) is 5.01 Å². The molecule has 3 rings (SSSR count). The molecule has 1 aromatic carbocycles. The molecular formula is C19H22F2N2O5. The third-order valence-corrected chi connectivity index (χ3v) is 5.14. The number of aliphatic hydroxyl groups is 2. The van der Waals surface area contributed by atoms with Crippen LogP contribution < -0.4 is 9.75 Å². The predicted octanol–water partition coefficient (Wildman–Crippen LogP) is 2.11. The molecule has 2 N–H and O–H groups in total. The average Bonchev–Trinajstić information content (AvgIpc) is 2.93. The smallest absolute Gasteiger partial charge is 0.387 e. The van der Waals surface area contributed by atoms with Gasteiger partial charge in [0.1, 0.15) is 11.7 Å². The topological polar surface area (TPSA) is 99.4 Å². The first-order valence-electron chi connectivity index (χ1n) is 9.09. The number of hydrogen-bond donors (Lipinski definition) is 2. The molecule has 1 aromatic rings. The summed E-state index contributed by atoms with van der Waals surface area (Å²) in [6.07, 6.45) is -0.150. The van der Waals surface area contributed by atoms with Gasteiger partial charge in [-0.3, -0.25) is 9.59 Å². The number of benzene rings is 1. The van der Waals surface area contributed by atoms with Gasteiger partial charge in [0.15, 0.2) is 5.78 Å². The van der Waals surface area contributed by atoms with Gasteiger partial charge >= 0.3 is 6.61 Å². The minimum atomic E-state index is -2.94. The monoisotopic (exact) mass is 396 g/mol. The largest absolute Gasteiger partial charge is 0.435 e. The molecule has 2 aliphatic rings. The summed E-state index contributed by atoms with van der Waals surface area (Å²) in [5, 5.41) is 24.6. The van der Waals surface area contributed by atoms with Gasteiger partial charge in [0.05, 0.1) is 23.6 Å². The first kappa shape index (κ1) is 20.3. The Bertz CT molecular complexity index is 768. The lowest BCUT2D eigenvalue weighted by molar-refractivity contribution is -0.130. The molecule has 1 fully saturated rings. The summed E-state index contributed by atoms with van der Waals surface area (Å²) in [5.74, 6) is -1.91. The first-order valence-corrected chi connectivity index (χ1v) is 9.09. The summed E-state index contributed by atoms with van der Waals surface area (Å²) in [6.45, 7) is -1.35. The molecule has 9 heteroatoms. The van der Waals surface area contributed by atoms with Crippen LogP contribution in [0.4, 0.5) is 14.5 Å².